The van der Waals surface area contributed by atoms with Gasteiger partial charge >= 0.3 is 5.97 Å². The zero-order valence-electron chi connectivity index (χ0n) is 7.27. The Kier molecular flexibility index (Phi) is 2.45. The molecule has 0 aliphatic carbocycles. The number of rotatable bonds is 2. The summed E-state index contributed by atoms with van der Waals surface area (Å²) in [6.07, 6.45) is 0. The van der Waals surface area contributed by atoms with E-state index in [0.717, 1.165) is 14.6 Å². The number of carboxylic acids is 1. The number of halogens is 1. The quantitative estimate of drug-likeness (QED) is 0.865. The average Bonchev–Trinajstić information content (AvgIpc) is 2.43. The topological polar surface area (TPSA) is 42.2 Å². The van der Waals surface area contributed by atoms with Crippen LogP contribution in [0, 0.1) is 3.70 Å². The second kappa shape index (κ2) is 3.61. The highest BCUT2D eigenvalue weighted by molar-refractivity contribution is 14.1. The van der Waals surface area contributed by atoms with Gasteiger partial charge in [0.2, 0.25) is 0 Å². The van der Waals surface area contributed by atoms with E-state index in [1.807, 2.05) is 30.3 Å². The van der Waals surface area contributed by atoms with Gasteiger partial charge in [-0.1, -0.05) is 18.2 Å². The van der Waals surface area contributed by atoms with Crippen molar-refractivity contribution in [3.63, 3.8) is 0 Å². The predicted octanol–water partition coefficient (Wildman–Crippen LogP) is 2.33. The smallest absolute Gasteiger partial charge is 0.323 e. The predicted molar refractivity (Wildman–Crippen MR) is 62.3 cm³/mol. The fourth-order valence-corrected chi connectivity index (χ4v) is 2.24. The van der Waals surface area contributed by atoms with Gasteiger partial charge in [-0.15, -0.1) is 0 Å². The van der Waals surface area contributed by atoms with E-state index in [9.17, 15) is 4.79 Å². The molecule has 3 nitrogen and oxygen atoms in total. The van der Waals surface area contributed by atoms with Gasteiger partial charge in [-0.25, -0.2) is 0 Å². The highest BCUT2D eigenvalue weighted by Crippen LogP contribution is 2.20. The minimum atomic E-state index is -0.815. The number of aromatic nitrogens is 1. The Morgan fingerprint density at radius 2 is 2.14 bits per heavy atom. The molecule has 0 spiro atoms. The second-order valence-corrected chi connectivity index (χ2v) is 4.11. The number of fused-ring (bicyclic) bond motifs is 1. The van der Waals surface area contributed by atoms with E-state index in [4.69, 9.17) is 5.11 Å². The summed E-state index contributed by atoms with van der Waals surface area (Å²) in [5.74, 6) is -0.815. The van der Waals surface area contributed by atoms with Crippen LogP contribution >= 0.6 is 22.6 Å². The van der Waals surface area contributed by atoms with Crippen LogP contribution in [0.1, 0.15) is 0 Å². The minimum absolute atomic E-state index is 0.0196. The van der Waals surface area contributed by atoms with Gasteiger partial charge in [-0.05, 0) is 34.7 Å². The Labute approximate surface area is 94.5 Å². The molecule has 2 rings (SSSR count). The molecule has 1 heterocycles. The Bertz CT molecular complexity index is 490. The lowest BCUT2D eigenvalue weighted by atomic mass is 10.2. The van der Waals surface area contributed by atoms with Crippen molar-refractivity contribution >= 4 is 39.5 Å². The first kappa shape index (κ1) is 9.51. The molecule has 0 radical (unpaired) electrons. The number of hydrogen-bond donors (Lipinski definition) is 1. The van der Waals surface area contributed by atoms with E-state index in [0.29, 0.717) is 0 Å². The number of aliphatic carboxylic acids is 1. The lowest BCUT2D eigenvalue weighted by molar-refractivity contribution is -0.137. The fraction of sp³-hybridized carbons (Fsp3) is 0.100. The highest BCUT2D eigenvalue weighted by Gasteiger charge is 2.08. The van der Waals surface area contributed by atoms with Gasteiger partial charge in [0.15, 0.2) is 0 Å². The van der Waals surface area contributed by atoms with E-state index in [1.54, 1.807) is 4.57 Å². The van der Waals surface area contributed by atoms with Crippen LogP contribution in [-0.2, 0) is 11.3 Å². The zero-order chi connectivity index (χ0) is 10.1. The van der Waals surface area contributed by atoms with Gasteiger partial charge in [0.1, 0.15) is 6.54 Å². The molecule has 0 amide bonds. The summed E-state index contributed by atoms with van der Waals surface area (Å²) in [6, 6.07) is 9.76. The minimum Gasteiger partial charge on any atom is -0.480 e. The van der Waals surface area contributed by atoms with E-state index in [1.165, 1.54) is 0 Å². The van der Waals surface area contributed by atoms with Crippen molar-refractivity contribution in [1.29, 1.82) is 0 Å². The standard InChI is InChI=1S/C10H8INO2/c11-9-5-7-3-1-2-4-8(7)12(9)6-10(13)14/h1-5H,6H2,(H,13,14). The first-order chi connectivity index (χ1) is 6.68. The first-order valence-corrected chi connectivity index (χ1v) is 5.22. The van der Waals surface area contributed by atoms with Gasteiger partial charge in [0, 0.05) is 10.9 Å². The number of hydrogen-bond acceptors (Lipinski definition) is 1. The van der Waals surface area contributed by atoms with Crippen LogP contribution in [0.3, 0.4) is 0 Å². The molecule has 1 aromatic carbocycles. The molecule has 0 aliphatic heterocycles. The van der Waals surface area contributed by atoms with Gasteiger partial charge in [-0.3, -0.25) is 4.79 Å². The number of carboxylic acid groups (broad SMARTS) is 1. The molecule has 2 aromatic rings. The molecule has 4 heteroatoms. The average molecular weight is 301 g/mol. The Morgan fingerprint density at radius 3 is 2.86 bits per heavy atom. The van der Waals surface area contributed by atoms with Crippen LogP contribution in [0.5, 0.6) is 0 Å². The van der Waals surface area contributed by atoms with Crippen molar-refractivity contribution in [2.24, 2.45) is 0 Å². The first-order valence-electron chi connectivity index (χ1n) is 4.14. The normalized spacial score (nSPS) is 10.6. The summed E-state index contributed by atoms with van der Waals surface area (Å²) in [5.41, 5.74) is 0.972. The van der Waals surface area contributed by atoms with Crippen molar-refractivity contribution in [2.45, 2.75) is 6.54 Å². The molecule has 0 aliphatic rings. The summed E-state index contributed by atoms with van der Waals surface area (Å²) in [7, 11) is 0. The van der Waals surface area contributed by atoms with E-state index in [2.05, 4.69) is 22.6 Å². The zero-order valence-corrected chi connectivity index (χ0v) is 9.43. The Hall–Kier alpha value is -1.04. The van der Waals surface area contributed by atoms with E-state index >= 15 is 0 Å². The maximum absolute atomic E-state index is 10.6. The fourth-order valence-electron chi connectivity index (χ4n) is 1.47. The Balaban J connectivity index is 2.62. The summed E-state index contributed by atoms with van der Waals surface area (Å²) < 4.78 is 2.74. The van der Waals surface area contributed by atoms with E-state index in [-0.39, 0.29) is 6.54 Å². The van der Waals surface area contributed by atoms with Crippen LogP contribution in [0.4, 0.5) is 0 Å². The maximum atomic E-state index is 10.6. The lowest BCUT2D eigenvalue weighted by Gasteiger charge is -2.02. The monoisotopic (exact) mass is 301 g/mol. The summed E-state index contributed by atoms with van der Waals surface area (Å²) in [4.78, 5) is 10.6. The molecular weight excluding hydrogens is 293 g/mol. The number of carbonyl (C=O) groups is 1. The molecule has 14 heavy (non-hydrogen) atoms. The second-order valence-electron chi connectivity index (χ2n) is 3.01. The lowest BCUT2D eigenvalue weighted by Crippen LogP contribution is -2.09. The molecule has 1 N–H and O–H groups in total. The SMILES string of the molecule is O=C(O)Cn1c(I)cc2ccccc21. The third-order valence-electron chi connectivity index (χ3n) is 2.05. The third kappa shape index (κ3) is 1.61. The van der Waals surface area contributed by atoms with Crippen molar-refractivity contribution in [3.8, 4) is 0 Å². The molecule has 0 fully saturated rings. The van der Waals surface area contributed by atoms with Crippen LogP contribution in [0.2, 0.25) is 0 Å². The largest absolute Gasteiger partial charge is 0.480 e. The van der Waals surface area contributed by atoms with E-state index < -0.39 is 5.97 Å². The van der Waals surface area contributed by atoms with Gasteiger partial charge in [0.25, 0.3) is 0 Å². The van der Waals surface area contributed by atoms with Crippen molar-refractivity contribution < 1.29 is 9.90 Å². The third-order valence-corrected chi connectivity index (χ3v) is 2.95. The van der Waals surface area contributed by atoms with Gasteiger partial charge in [-0.2, -0.15) is 0 Å². The molecule has 72 valence electrons. The molecule has 0 bridgehead atoms. The summed E-state index contributed by atoms with van der Waals surface area (Å²) >= 11 is 2.15. The Morgan fingerprint density at radius 1 is 1.43 bits per heavy atom. The molecule has 0 atom stereocenters. The summed E-state index contributed by atoms with van der Waals surface area (Å²) in [5, 5.41) is 9.83. The highest BCUT2D eigenvalue weighted by atomic mass is 127. The van der Waals surface area contributed by atoms with Crippen molar-refractivity contribution in [2.75, 3.05) is 0 Å². The van der Waals surface area contributed by atoms with Gasteiger partial charge in [0.05, 0.1) is 3.70 Å². The molecule has 0 saturated heterocycles. The molecule has 1 aromatic heterocycles. The summed E-state index contributed by atoms with van der Waals surface area (Å²) in [6.45, 7) is 0.0196. The number of benzene rings is 1. The van der Waals surface area contributed by atoms with Gasteiger partial charge < -0.3 is 9.67 Å². The molecular formula is C10H8INO2. The van der Waals surface area contributed by atoms with Crippen LogP contribution < -0.4 is 0 Å². The molecule has 0 saturated carbocycles. The van der Waals surface area contributed by atoms with Crippen LogP contribution in [0.15, 0.2) is 30.3 Å². The van der Waals surface area contributed by atoms with Crippen molar-refractivity contribution in [3.05, 3.63) is 34.0 Å². The number of nitrogens with zero attached hydrogens (tertiary/aromatic N) is 1. The maximum Gasteiger partial charge on any atom is 0.323 e. The molecule has 0 unspecified atom stereocenters. The van der Waals surface area contributed by atoms with Crippen LogP contribution in [-0.4, -0.2) is 15.6 Å². The number of para-hydroxylation sites is 1. The van der Waals surface area contributed by atoms with Crippen molar-refractivity contribution in [1.82, 2.24) is 4.57 Å². The van der Waals surface area contributed by atoms with Crippen LogP contribution in [0.25, 0.3) is 10.9 Å².